The lowest BCUT2D eigenvalue weighted by Crippen LogP contribution is -2.47. The van der Waals surface area contributed by atoms with E-state index in [-0.39, 0.29) is 0 Å². The predicted molar refractivity (Wildman–Crippen MR) is 78.7 cm³/mol. The average Bonchev–Trinajstić information content (AvgIpc) is 2.50. The van der Waals surface area contributed by atoms with Crippen molar-refractivity contribution in [1.82, 2.24) is 5.32 Å². The molecular formula is C16H24N2O. The third-order valence-corrected chi connectivity index (χ3v) is 4.31. The van der Waals surface area contributed by atoms with E-state index in [1.165, 1.54) is 44.5 Å². The SMILES string of the molecule is c1ccc(N2CCC(NC3CCOCC3)CC2)cc1. The molecule has 104 valence electrons. The van der Waals surface area contributed by atoms with Gasteiger partial charge >= 0.3 is 0 Å². The number of ether oxygens (including phenoxy) is 1. The maximum atomic E-state index is 5.42. The Morgan fingerprint density at radius 2 is 1.53 bits per heavy atom. The lowest BCUT2D eigenvalue weighted by atomic mass is 10.0. The topological polar surface area (TPSA) is 24.5 Å². The summed E-state index contributed by atoms with van der Waals surface area (Å²) in [5, 5.41) is 3.82. The van der Waals surface area contributed by atoms with Crippen LogP contribution in [0.2, 0.25) is 0 Å². The number of nitrogens with one attached hydrogen (secondary N) is 1. The Labute approximate surface area is 115 Å². The van der Waals surface area contributed by atoms with Crippen LogP contribution in [0, 0.1) is 0 Å². The van der Waals surface area contributed by atoms with E-state index in [0.717, 1.165) is 13.2 Å². The molecule has 1 aromatic carbocycles. The fourth-order valence-electron chi connectivity index (χ4n) is 3.14. The van der Waals surface area contributed by atoms with Gasteiger partial charge in [-0.3, -0.25) is 0 Å². The van der Waals surface area contributed by atoms with Crippen molar-refractivity contribution in [2.75, 3.05) is 31.2 Å². The summed E-state index contributed by atoms with van der Waals surface area (Å²) >= 11 is 0. The van der Waals surface area contributed by atoms with Crippen LogP contribution in [0.3, 0.4) is 0 Å². The Morgan fingerprint density at radius 1 is 0.895 bits per heavy atom. The van der Waals surface area contributed by atoms with Gasteiger partial charge in [0.2, 0.25) is 0 Å². The van der Waals surface area contributed by atoms with Crippen LogP contribution in [0.4, 0.5) is 5.69 Å². The molecule has 0 aliphatic carbocycles. The maximum Gasteiger partial charge on any atom is 0.0480 e. The van der Waals surface area contributed by atoms with E-state index in [2.05, 4.69) is 40.5 Å². The van der Waals surface area contributed by atoms with Crippen LogP contribution in [0.5, 0.6) is 0 Å². The fourth-order valence-corrected chi connectivity index (χ4v) is 3.14. The molecule has 2 aliphatic rings. The van der Waals surface area contributed by atoms with Gasteiger partial charge in [0.25, 0.3) is 0 Å². The monoisotopic (exact) mass is 260 g/mol. The first kappa shape index (κ1) is 12.9. The summed E-state index contributed by atoms with van der Waals surface area (Å²) < 4.78 is 5.42. The highest BCUT2D eigenvalue weighted by Gasteiger charge is 2.22. The first-order valence-electron chi connectivity index (χ1n) is 7.55. The minimum Gasteiger partial charge on any atom is -0.381 e. The van der Waals surface area contributed by atoms with E-state index < -0.39 is 0 Å². The molecule has 1 N–H and O–H groups in total. The molecule has 0 atom stereocenters. The van der Waals surface area contributed by atoms with Crippen molar-refractivity contribution in [3.63, 3.8) is 0 Å². The first-order chi connectivity index (χ1) is 9.42. The van der Waals surface area contributed by atoms with E-state index in [1.54, 1.807) is 0 Å². The second-order valence-corrected chi connectivity index (χ2v) is 5.65. The molecule has 2 heterocycles. The molecule has 3 nitrogen and oxygen atoms in total. The van der Waals surface area contributed by atoms with Crippen molar-refractivity contribution in [1.29, 1.82) is 0 Å². The average molecular weight is 260 g/mol. The highest BCUT2D eigenvalue weighted by Crippen LogP contribution is 2.20. The molecular weight excluding hydrogens is 236 g/mol. The number of anilines is 1. The van der Waals surface area contributed by atoms with E-state index in [9.17, 15) is 0 Å². The molecule has 0 saturated carbocycles. The number of rotatable bonds is 3. The molecule has 1 aromatic rings. The quantitative estimate of drug-likeness (QED) is 0.903. The molecule has 2 fully saturated rings. The van der Waals surface area contributed by atoms with Crippen molar-refractivity contribution >= 4 is 5.69 Å². The van der Waals surface area contributed by atoms with Crippen molar-refractivity contribution in [3.05, 3.63) is 30.3 Å². The summed E-state index contributed by atoms with van der Waals surface area (Å²) in [7, 11) is 0. The van der Waals surface area contributed by atoms with Gasteiger partial charge in [0.15, 0.2) is 0 Å². The zero-order valence-electron chi connectivity index (χ0n) is 11.6. The Balaban J connectivity index is 1.46. The van der Waals surface area contributed by atoms with Gasteiger partial charge < -0.3 is 15.0 Å². The number of para-hydroxylation sites is 1. The van der Waals surface area contributed by atoms with Crippen LogP contribution in [-0.2, 0) is 4.74 Å². The minimum atomic E-state index is 0.682. The zero-order chi connectivity index (χ0) is 12.9. The van der Waals surface area contributed by atoms with Crippen LogP contribution in [0.1, 0.15) is 25.7 Å². The zero-order valence-corrected chi connectivity index (χ0v) is 11.6. The summed E-state index contributed by atoms with van der Waals surface area (Å²) in [4.78, 5) is 2.50. The highest BCUT2D eigenvalue weighted by molar-refractivity contribution is 5.46. The first-order valence-corrected chi connectivity index (χ1v) is 7.55. The number of piperidine rings is 1. The summed E-state index contributed by atoms with van der Waals surface area (Å²) in [5.74, 6) is 0. The van der Waals surface area contributed by atoms with Crippen molar-refractivity contribution in [2.45, 2.75) is 37.8 Å². The van der Waals surface area contributed by atoms with Crippen LogP contribution in [0.25, 0.3) is 0 Å². The Hall–Kier alpha value is -1.06. The van der Waals surface area contributed by atoms with Gasteiger partial charge in [0, 0.05) is 44.1 Å². The second-order valence-electron chi connectivity index (χ2n) is 5.65. The summed E-state index contributed by atoms with van der Waals surface area (Å²) in [5.41, 5.74) is 1.37. The van der Waals surface area contributed by atoms with Crippen LogP contribution in [0.15, 0.2) is 30.3 Å². The van der Waals surface area contributed by atoms with Crippen molar-refractivity contribution < 1.29 is 4.74 Å². The summed E-state index contributed by atoms with van der Waals surface area (Å²) in [6, 6.07) is 12.1. The molecule has 3 heteroatoms. The molecule has 2 saturated heterocycles. The van der Waals surface area contributed by atoms with E-state index >= 15 is 0 Å². The van der Waals surface area contributed by atoms with Crippen LogP contribution >= 0.6 is 0 Å². The number of benzene rings is 1. The molecule has 0 unspecified atom stereocenters. The van der Waals surface area contributed by atoms with E-state index in [1.807, 2.05) is 0 Å². The van der Waals surface area contributed by atoms with Gasteiger partial charge in [-0.15, -0.1) is 0 Å². The van der Waals surface area contributed by atoms with Crippen LogP contribution < -0.4 is 10.2 Å². The molecule has 19 heavy (non-hydrogen) atoms. The van der Waals surface area contributed by atoms with Gasteiger partial charge in [0.05, 0.1) is 0 Å². The van der Waals surface area contributed by atoms with Crippen LogP contribution in [-0.4, -0.2) is 38.4 Å². The number of nitrogens with zero attached hydrogens (tertiary/aromatic N) is 1. The normalized spacial score (nSPS) is 22.6. The van der Waals surface area contributed by atoms with E-state index in [0.29, 0.717) is 12.1 Å². The lowest BCUT2D eigenvalue weighted by Gasteiger charge is -2.36. The third-order valence-electron chi connectivity index (χ3n) is 4.31. The largest absolute Gasteiger partial charge is 0.381 e. The molecule has 0 amide bonds. The fraction of sp³-hybridized carbons (Fsp3) is 0.625. The van der Waals surface area contributed by atoms with Crippen molar-refractivity contribution in [3.8, 4) is 0 Å². The van der Waals surface area contributed by atoms with Gasteiger partial charge in [-0.25, -0.2) is 0 Å². The van der Waals surface area contributed by atoms with E-state index in [4.69, 9.17) is 4.74 Å². The summed E-state index contributed by atoms with van der Waals surface area (Å²) in [6.07, 6.45) is 4.87. The molecule has 0 bridgehead atoms. The molecule has 3 rings (SSSR count). The highest BCUT2D eigenvalue weighted by atomic mass is 16.5. The van der Waals surface area contributed by atoms with Gasteiger partial charge in [-0.05, 0) is 37.8 Å². The molecule has 0 aromatic heterocycles. The second kappa shape index (κ2) is 6.40. The minimum absolute atomic E-state index is 0.682. The van der Waals surface area contributed by atoms with Gasteiger partial charge in [-0.2, -0.15) is 0 Å². The predicted octanol–water partition coefficient (Wildman–Crippen LogP) is 2.42. The third kappa shape index (κ3) is 3.48. The smallest absolute Gasteiger partial charge is 0.0480 e. The Morgan fingerprint density at radius 3 is 2.21 bits per heavy atom. The van der Waals surface area contributed by atoms with Crippen molar-refractivity contribution in [2.24, 2.45) is 0 Å². The van der Waals surface area contributed by atoms with Gasteiger partial charge in [-0.1, -0.05) is 18.2 Å². The molecule has 0 spiro atoms. The standard InChI is InChI=1S/C16H24N2O/c1-2-4-16(5-3-1)18-10-6-14(7-11-18)17-15-8-12-19-13-9-15/h1-5,14-15,17H,6-13H2. The Bertz CT molecular complexity index is 368. The Kier molecular flexibility index (Phi) is 4.36. The number of hydrogen-bond acceptors (Lipinski definition) is 3. The molecule has 2 aliphatic heterocycles. The van der Waals surface area contributed by atoms with Gasteiger partial charge in [0.1, 0.15) is 0 Å². The summed E-state index contributed by atoms with van der Waals surface area (Å²) in [6.45, 7) is 4.21. The number of hydrogen-bond donors (Lipinski definition) is 1. The maximum absolute atomic E-state index is 5.42. The molecule has 0 radical (unpaired) electrons. The lowest BCUT2D eigenvalue weighted by molar-refractivity contribution is 0.0738.